The van der Waals surface area contributed by atoms with Crippen LogP contribution in [0.15, 0.2) is 24.3 Å². The molecule has 0 aliphatic carbocycles. The first-order chi connectivity index (χ1) is 9.58. The minimum Gasteiger partial charge on any atom is -0.356 e. The van der Waals surface area contributed by atoms with Crippen molar-refractivity contribution >= 4 is 15.7 Å². The van der Waals surface area contributed by atoms with Gasteiger partial charge in [-0.3, -0.25) is 4.79 Å². The van der Waals surface area contributed by atoms with Gasteiger partial charge < -0.3 is 5.32 Å². The molecule has 0 fully saturated rings. The molecule has 4 nitrogen and oxygen atoms in total. The van der Waals surface area contributed by atoms with E-state index in [1.165, 1.54) is 12.1 Å². The van der Waals surface area contributed by atoms with Crippen LogP contribution >= 0.6 is 0 Å². The number of hydrogen-bond donors (Lipinski definition) is 1. The Morgan fingerprint density at radius 2 is 1.76 bits per heavy atom. The number of carbonyl (C=O) groups excluding carboxylic acids is 1. The summed E-state index contributed by atoms with van der Waals surface area (Å²) in [4.78, 5) is 11.3. The average molecular weight is 323 g/mol. The molecule has 1 N–H and O–H groups in total. The van der Waals surface area contributed by atoms with Crippen molar-refractivity contribution in [3.05, 3.63) is 35.4 Å². The summed E-state index contributed by atoms with van der Waals surface area (Å²) in [5, 5.41) is 2.52. The highest BCUT2D eigenvalue weighted by atomic mass is 32.2. The molecule has 0 aliphatic heterocycles. The zero-order chi connectivity index (χ0) is 16.1. The molecular formula is C13H16F3NO3S. The Bertz CT molecular complexity index is 580. The van der Waals surface area contributed by atoms with Crippen molar-refractivity contribution in [1.82, 2.24) is 5.32 Å². The molecule has 0 spiro atoms. The fourth-order valence-electron chi connectivity index (χ4n) is 1.57. The summed E-state index contributed by atoms with van der Waals surface area (Å²) in [6, 6.07) is 4.68. The molecule has 21 heavy (non-hydrogen) atoms. The molecule has 0 saturated carbocycles. The normalized spacial score (nSPS) is 12.2. The third-order valence-electron chi connectivity index (χ3n) is 2.72. The topological polar surface area (TPSA) is 63.2 Å². The van der Waals surface area contributed by atoms with E-state index in [1.807, 2.05) is 0 Å². The molecule has 1 amide bonds. The van der Waals surface area contributed by atoms with E-state index < -0.39 is 27.5 Å². The molecule has 0 heterocycles. The number of halogens is 3. The maximum atomic E-state index is 12.4. The summed E-state index contributed by atoms with van der Waals surface area (Å²) >= 11 is 0. The molecule has 118 valence electrons. The Morgan fingerprint density at radius 3 is 2.24 bits per heavy atom. The minimum atomic E-state index is -4.36. The number of amides is 1. The summed E-state index contributed by atoms with van der Waals surface area (Å²) in [6.07, 6.45) is -3.06. The quantitative estimate of drug-likeness (QED) is 0.868. The summed E-state index contributed by atoms with van der Waals surface area (Å²) < 4.78 is 58.8. The number of sulfone groups is 1. The van der Waals surface area contributed by atoms with Crippen LogP contribution in [0.1, 0.15) is 17.5 Å². The third-order valence-corrected chi connectivity index (χ3v) is 3.66. The minimum absolute atomic E-state index is 0.119. The summed E-state index contributed by atoms with van der Waals surface area (Å²) in [7, 11) is -3.18. The Morgan fingerprint density at radius 1 is 1.19 bits per heavy atom. The zero-order valence-corrected chi connectivity index (χ0v) is 12.2. The predicted octanol–water partition coefficient (Wildman–Crippen LogP) is 1.80. The monoisotopic (exact) mass is 323 g/mol. The van der Waals surface area contributed by atoms with Gasteiger partial charge in [0.25, 0.3) is 0 Å². The van der Waals surface area contributed by atoms with Crippen LogP contribution in [0.4, 0.5) is 13.2 Å². The van der Waals surface area contributed by atoms with Crippen LogP contribution in [0, 0.1) is 0 Å². The van der Waals surface area contributed by atoms with Gasteiger partial charge in [-0.1, -0.05) is 12.1 Å². The SMILES string of the molecule is CS(=O)(=O)CCC(=O)NCCc1ccc(C(F)(F)F)cc1. The molecule has 0 aliphatic rings. The summed E-state index contributed by atoms with van der Waals surface area (Å²) in [5.74, 6) is -0.619. The van der Waals surface area contributed by atoms with E-state index >= 15 is 0 Å². The first kappa shape index (κ1) is 17.5. The van der Waals surface area contributed by atoms with Crippen LogP contribution in [-0.4, -0.2) is 32.9 Å². The second kappa shape index (κ2) is 6.93. The van der Waals surface area contributed by atoms with Crippen molar-refractivity contribution in [2.45, 2.75) is 19.0 Å². The molecule has 0 radical (unpaired) electrons. The maximum absolute atomic E-state index is 12.4. The molecule has 8 heteroatoms. The Labute approximate surface area is 121 Å². The molecule has 1 rings (SSSR count). The van der Waals surface area contributed by atoms with Crippen LogP contribution in [-0.2, 0) is 27.2 Å². The Hall–Kier alpha value is -1.57. The van der Waals surface area contributed by atoms with Crippen molar-refractivity contribution in [2.75, 3.05) is 18.6 Å². The Balaban J connectivity index is 2.38. The Kier molecular flexibility index (Phi) is 5.77. The number of rotatable bonds is 6. The lowest BCUT2D eigenvalue weighted by molar-refractivity contribution is -0.137. The van der Waals surface area contributed by atoms with E-state index in [0.29, 0.717) is 12.0 Å². The van der Waals surface area contributed by atoms with E-state index in [1.54, 1.807) is 0 Å². The predicted molar refractivity (Wildman–Crippen MR) is 72.5 cm³/mol. The van der Waals surface area contributed by atoms with E-state index in [-0.39, 0.29) is 18.7 Å². The summed E-state index contributed by atoms with van der Waals surface area (Å²) in [6.45, 7) is 0.244. The first-order valence-electron chi connectivity index (χ1n) is 6.18. The van der Waals surface area contributed by atoms with E-state index in [9.17, 15) is 26.4 Å². The van der Waals surface area contributed by atoms with Crippen molar-refractivity contribution < 1.29 is 26.4 Å². The van der Waals surface area contributed by atoms with Gasteiger partial charge in [0.2, 0.25) is 5.91 Å². The van der Waals surface area contributed by atoms with Gasteiger partial charge in [-0.05, 0) is 24.1 Å². The van der Waals surface area contributed by atoms with Gasteiger partial charge in [0, 0.05) is 19.2 Å². The smallest absolute Gasteiger partial charge is 0.356 e. The maximum Gasteiger partial charge on any atom is 0.416 e. The van der Waals surface area contributed by atoms with Gasteiger partial charge in [-0.2, -0.15) is 13.2 Å². The second-order valence-electron chi connectivity index (χ2n) is 4.67. The lowest BCUT2D eigenvalue weighted by Crippen LogP contribution is -2.27. The molecule has 0 unspecified atom stereocenters. The first-order valence-corrected chi connectivity index (χ1v) is 8.24. The largest absolute Gasteiger partial charge is 0.416 e. The number of alkyl halides is 3. The van der Waals surface area contributed by atoms with Gasteiger partial charge in [-0.15, -0.1) is 0 Å². The molecule has 0 atom stereocenters. The highest BCUT2D eigenvalue weighted by Crippen LogP contribution is 2.29. The number of hydrogen-bond acceptors (Lipinski definition) is 3. The standard InChI is InChI=1S/C13H16F3NO3S/c1-21(19,20)9-7-12(18)17-8-6-10-2-4-11(5-3-10)13(14,15)16/h2-5H,6-9H2,1H3,(H,17,18). The fraction of sp³-hybridized carbons (Fsp3) is 0.462. The number of benzene rings is 1. The van der Waals surface area contributed by atoms with Crippen LogP contribution in [0.25, 0.3) is 0 Å². The van der Waals surface area contributed by atoms with Gasteiger partial charge in [0.05, 0.1) is 11.3 Å². The van der Waals surface area contributed by atoms with Crippen LogP contribution in [0.5, 0.6) is 0 Å². The van der Waals surface area contributed by atoms with Crippen LogP contribution < -0.4 is 5.32 Å². The fourth-order valence-corrected chi connectivity index (χ4v) is 2.13. The molecule has 0 saturated heterocycles. The summed E-state index contributed by atoms with van der Waals surface area (Å²) in [5.41, 5.74) is -0.0603. The third kappa shape index (κ3) is 7.12. The van der Waals surface area contributed by atoms with Crippen molar-refractivity contribution in [3.8, 4) is 0 Å². The van der Waals surface area contributed by atoms with E-state index in [0.717, 1.165) is 18.4 Å². The average Bonchev–Trinajstić information content (AvgIpc) is 2.35. The van der Waals surface area contributed by atoms with E-state index in [2.05, 4.69) is 5.32 Å². The molecule has 0 aromatic heterocycles. The van der Waals surface area contributed by atoms with Crippen molar-refractivity contribution in [3.63, 3.8) is 0 Å². The highest BCUT2D eigenvalue weighted by molar-refractivity contribution is 7.90. The second-order valence-corrected chi connectivity index (χ2v) is 6.93. The molecule has 1 aromatic carbocycles. The van der Waals surface area contributed by atoms with Gasteiger partial charge in [0.15, 0.2) is 0 Å². The van der Waals surface area contributed by atoms with Crippen molar-refractivity contribution in [1.29, 1.82) is 0 Å². The van der Waals surface area contributed by atoms with Crippen molar-refractivity contribution in [2.24, 2.45) is 0 Å². The number of nitrogens with one attached hydrogen (secondary N) is 1. The molecule has 0 bridgehead atoms. The van der Waals surface area contributed by atoms with E-state index in [4.69, 9.17) is 0 Å². The van der Waals surface area contributed by atoms with Gasteiger partial charge in [-0.25, -0.2) is 8.42 Å². The lowest BCUT2D eigenvalue weighted by atomic mass is 10.1. The van der Waals surface area contributed by atoms with Crippen LogP contribution in [0.2, 0.25) is 0 Å². The number of carbonyl (C=O) groups is 1. The zero-order valence-electron chi connectivity index (χ0n) is 11.4. The van der Waals surface area contributed by atoms with Gasteiger partial charge in [0.1, 0.15) is 9.84 Å². The van der Waals surface area contributed by atoms with Gasteiger partial charge >= 0.3 is 6.18 Å². The molecule has 1 aromatic rings. The highest BCUT2D eigenvalue weighted by Gasteiger charge is 2.29. The lowest BCUT2D eigenvalue weighted by Gasteiger charge is -2.08. The van der Waals surface area contributed by atoms with Crippen LogP contribution in [0.3, 0.4) is 0 Å². The molecular weight excluding hydrogens is 307 g/mol.